The Balaban J connectivity index is 2.19. The largest absolute Gasteiger partial charge is 0.398 e. The van der Waals surface area contributed by atoms with Crippen molar-refractivity contribution in [2.75, 3.05) is 12.8 Å². The highest BCUT2D eigenvalue weighted by Gasteiger charge is 2.15. The first kappa shape index (κ1) is 14.1. The van der Waals surface area contributed by atoms with Crippen LogP contribution in [0.5, 0.6) is 0 Å². The maximum Gasteiger partial charge on any atom is 0.255 e. The maximum absolute atomic E-state index is 12.4. The van der Waals surface area contributed by atoms with Gasteiger partial charge in [0.25, 0.3) is 5.91 Å². The maximum atomic E-state index is 12.4. The van der Waals surface area contributed by atoms with Crippen LogP contribution in [0.1, 0.15) is 27.0 Å². The van der Waals surface area contributed by atoms with Gasteiger partial charge in [0.15, 0.2) is 0 Å². The van der Waals surface area contributed by atoms with Gasteiger partial charge in [-0.25, -0.2) is 0 Å². The molecule has 0 saturated carbocycles. The molecule has 0 aromatic heterocycles. The van der Waals surface area contributed by atoms with Crippen LogP contribution in [0.3, 0.4) is 0 Å². The molecule has 2 aromatic rings. The van der Waals surface area contributed by atoms with Crippen molar-refractivity contribution in [2.45, 2.75) is 20.4 Å². The molecule has 2 N–H and O–H groups in total. The molecule has 0 radical (unpaired) electrons. The summed E-state index contributed by atoms with van der Waals surface area (Å²) in [5.74, 6) is -0.0502. The van der Waals surface area contributed by atoms with E-state index in [9.17, 15) is 4.79 Å². The molecule has 0 heterocycles. The molecule has 0 atom stereocenters. The van der Waals surface area contributed by atoms with E-state index in [1.807, 2.05) is 50.2 Å². The lowest BCUT2D eigenvalue weighted by molar-refractivity contribution is 0.0786. The van der Waals surface area contributed by atoms with E-state index in [0.717, 1.165) is 11.1 Å². The fourth-order valence-corrected chi connectivity index (χ4v) is 2.20. The van der Waals surface area contributed by atoms with Crippen molar-refractivity contribution in [3.05, 3.63) is 64.7 Å². The van der Waals surface area contributed by atoms with Gasteiger partial charge in [-0.2, -0.15) is 0 Å². The third kappa shape index (κ3) is 2.99. The van der Waals surface area contributed by atoms with Crippen LogP contribution in [0, 0.1) is 13.8 Å². The molecule has 0 saturated heterocycles. The predicted molar refractivity (Wildman–Crippen MR) is 82.6 cm³/mol. The third-order valence-electron chi connectivity index (χ3n) is 3.45. The van der Waals surface area contributed by atoms with Crippen molar-refractivity contribution in [3.63, 3.8) is 0 Å². The zero-order valence-corrected chi connectivity index (χ0v) is 12.2. The van der Waals surface area contributed by atoms with Crippen LogP contribution in [-0.2, 0) is 6.54 Å². The highest BCUT2D eigenvalue weighted by molar-refractivity contribution is 5.99. The fraction of sp³-hybridized carbons (Fsp3) is 0.235. The lowest BCUT2D eigenvalue weighted by Gasteiger charge is -2.19. The number of aryl methyl sites for hydroxylation is 2. The monoisotopic (exact) mass is 268 g/mol. The molecule has 0 bridgehead atoms. The third-order valence-corrected chi connectivity index (χ3v) is 3.45. The number of rotatable bonds is 3. The van der Waals surface area contributed by atoms with E-state index >= 15 is 0 Å². The van der Waals surface area contributed by atoms with Crippen molar-refractivity contribution >= 4 is 11.6 Å². The standard InChI is InChI=1S/C17H20N2O/c1-12-8-9-15(16(18)10-12)17(20)19(3)11-14-7-5-4-6-13(14)2/h4-10H,11,18H2,1-3H3. The van der Waals surface area contributed by atoms with Crippen LogP contribution in [0.15, 0.2) is 42.5 Å². The minimum Gasteiger partial charge on any atom is -0.398 e. The summed E-state index contributed by atoms with van der Waals surface area (Å²) in [6.45, 7) is 4.59. The predicted octanol–water partition coefficient (Wildman–Crippen LogP) is 3.16. The van der Waals surface area contributed by atoms with Gasteiger partial charge < -0.3 is 10.6 Å². The molecule has 1 amide bonds. The topological polar surface area (TPSA) is 46.3 Å². The van der Waals surface area contributed by atoms with Gasteiger partial charge in [-0.3, -0.25) is 4.79 Å². The summed E-state index contributed by atoms with van der Waals surface area (Å²) >= 11 is 0. The molecule has 0 unspecified atom stereocenters. The Labute approximate surface area is 120 Å². The number of anilines is 1. The normalized spacial score (nSPS) is 10.3. The second-order valence-corrected chi connectivity index (χ2v) is 5.18. The number of benzene rings is 2. The van der Waals surface area contributed by atoms with E-state index < -0.39 is 0 Å². The van der Waals surface area contributed by atoms with Gasteiger partial charge in [0.1, 0.15) is 0 Å². The van der Waals surface area contributed by atoms with Gasteiger partial charge in [-0.05, 0) is 42.7 Å². The van der Waals surface area contributed by atoms with Gasteiger partial charge in [0.05, 0.1) is 5.56 Å². The summed E-state index contributed by atoms with van der Waals surface area (Å²) < 4.78 is 0. The molecule has 0 aliphatic rings. The van der Waals surface area contributed by atoms with Crippen LogP contribution < -0.4 is 5.73 Å². The van der Waals surface area contributed by atoms with Gasteiger partial charge >= 0.3 is 0 Å². The van der Waals surface area contributed by atoms with E-state index in [-0.39, 0.29) is 5.91 Å². The van der Waals surface area contributed by atoms with E-state index in [1.54, 1.807) is 18.0 Å². The molecule has 2 rings (SSSR count). The number of nitrogens with zero attached hydrogens (tertiary/aromatic N) is 1. The van der Waals surface area contributed by atoms with Crippen molar-refractivity contribution in [1.82, 2.24) is 4.90 Å². The Morgan fingerprint density at radius 2 is 1.85 bits per heavy atom. The quantitative estimate of drug-likeness (QED) is 0.869. The lowest BCUT2D eigenvalue weighted by Crippen LogP contribution is -2.27. The number of nitrogens with two attached hydrogens (primary N) is 1. The number of amides is 1. The second kappa shape index (κ2) is 5.78. The number of hydrogen-bond donors (Lipinski definition) is 1. The average molecular weight is 268 g/mol. The van der Waals surface area contributed by atoms with Crippen LogP contribution >= 0.6 is 0 Å². The SMILES string of the molecule is Cc1ccc(C(=O)N(C)Cc2ccccc2C)c(N)c1. The summed E-state index contributed by atoms with van der Waals surface area (Å²) in [7, 11) is 1.80. The first-order chi connectivity index (χ1) is 9.49. The summed E-state index contributed by atoms with van der Waals surface area (Å²) in [4.78, 5) is 14.1. The molecule has 0 aliphatic heterocycles. The Morgan fingerprint density at radius 3 is 2.50 bits per heavy atom. The Kier molecular flexibility index (Phi) is 4.08. The molecule has 0 spiro atoms. The van der Waals surface area contributed by atoms with Crippen molar-refractivity contribution in [3.8, 4) is 0 Å². The van der Waals surface area contributed by atoms with Crippen LogP contribution in [0.4, 0.5) is 5.69 Å². The number of nitrogen functional groups attached to an aromatic ring is 1. The van der Waals surface area contributed by atoms with E-state index in [4.69, 9.17) is 5.73 Å². The van der Waals surface area contributed by atoms with Crippen molar-refractivity contribution in [1.29, 1.82) is 0 Å². The molecular weight excluding hydrogens is 248 g/mol. The van der Waals surface area contributed by atoms with Crippen LogP contribution in [0.2, 0.25) is 0 Å². The van der Waals surface area contributed by atoms with Gasteiger partial charge in [0, 0.05) is 19.3 Å². The van der Waals surface area contributed by atoms with E-state index in [1.165, 1.54) is 5.56 Å². The highest BCUT2D eigenvalue weighted by atomic mass is 16.2. The summed E-state index contributed by atoms with van der Waals surface area (Å²) in [5.41, 5.74) is 10.4. The molecule has 104 valence electrons. The zero-order valence-electron chi connectivity index (χ0n) is 12.2. The molecule has 3 heteroatoms. The van der Waals surface area contributed by atoms with E-state index in [0.29, 0.717) is 17.8 Å². The number of hydrogen-bond acceptors (Lipinski definition) is 2. The number of carbonyl (C=O) groups is 1. The van der Waals surface area contributed by atoms with Gasteiger partial charge in [-0.15, -0.1) is 0 Å². The first-order valence-corrected chi connectivity index (χ1v) is 6.65. The zero-order chi connectivity index (χ0) is 14.7. The van der Waals surface area contributed by atoms with Gasteiger partial charge in [0.2, 0.25) is 0 Å². The fourth-order valence-electron chi connectivity index (χ4n) is 2.20. The Bertz CT molecular complexity index is 635. The van der Waals surface area contributed by atoms with Crippen molar-refractivity contribution in [2.24, 2.45) is 0 Å². The Morgan fingerprint density at radius 1 is 1.15 bits per heavy atom. The van der Waals surface area contributed by atoms with Crippen molar-refractivity contribution < 1.29 is 4.79 Å². The minimum atomic E-state index is -0.0502. The van der Waals surface area contributed by atoms with E-state index in [2.05, 4.69) is 0 Å². The molecule has 3 nitrogen and oxygen atoms in total. The van der Waals surface area contributed by atoms with Gasteiger partial charge in [-0.1, -0.05) is 30.3 Å². The molecule has 20 heavy (non-hydrogen) atoms. The minimum absolute atomic E-state index is 0.0502. The molecule has 0 aliphatic carbocycles. The number of carbonyl (C=O) groups excluding carboxylic acids is 1. The van der Waals surface area contributed by atoms with Crippen LogP contribution in [-0.4, -0.2) is 17.9 Å². The highest BCUT2D eigenvalue weighted by Crippen LogP contribution is 2.17. The molecule has 0 fully saturated rings. The Hall–Kier alpha value is -2.29. The summed E-state index contributed by atoms with van der Waals surface area (Å²) in [5, 5.41) is 0. The van der Waals surface area contributed by atoms with Crippen LogP contribution in [0.25, 0.3) is 0 Å². The average Bonchev–Trinajstić information content (AvgIpc) is 2.40. The smallest absolute Gasteiger partial charge is 0.255 e. The summed E-state index contributed by atoms with van der Waals surface area (Å²) in [6, 6.07) is 13.6. The molecule has 2 aromatic carbocycles. The first-order valence-electron chi connectivity index (χ1n) is 6.65. The summed E-state index contributed by atoms with van der Waals surface area (Å²) in [6.07, 6.45) is 0. The molecular formula is C17H20N2O. The lowest BCUT2D eigenvalue weighted by atomic mass is 10.1. The second-order valence-electron chi connectivity index (χ2n) is 5.18.